The van der Waals surface area contributed by atoms with Crippen molar-refractivity contribution in [3.8, 4) is 0 Å². The maximum absolute atomic E-state index is 12.0. The van der Waals surface area contributed by atoms with E-state index in [4.69, 9.17) is 5.73 Å². The molecule has 0 spiro atoms. The summed E-state index contributed by atoms with van der Waals surface area (Å²) in [4.78, 5) is 12.0. The van der Waals surface area contributed by atoms with Crippen LogP contribution in [0.1, 0.15) is 26.3 Å². The second-order valence-electron chi connectivity index (χ2n) is 5.13. The maximum Gasteiger partial charge on any atom is 0.224 e. The topological polar surface area (TPSA) is 55.1 Å². The zero-order valence-electron chi connectivity index (χ0n) is 11.6. The summed E-state index contributed by atoms with van der Waals surface area (Å²) in [5, 5.41) is 3.04. The van der Waals surface area contributed by atoms with Gasteiger partial charge in [0.05, 0.1) is 12.0 Å². The van der Waals surface area contributed by atoms with Crippen LogP contribution in [0.2, 0.25) is 0 Å². The Balaban J connectivity index is 0.00000324. The molecule has 108 valence electrons. The molecule has 3 nitrogen and oxygen atoms in total. The van der Waals surface area contributed by atoms with Gasteiger partial charge in [0.2, 0.25) is 5.91 Å². The summed E-state index contributed by atoms with van der Waals surface area (Å²) < 4.78 is 1.14. The lowest BCUT2D eigenvalue weighted by Gasteiger charge is -2.33. The molecular weight excluding hydrogens is 375 g/mol. The molecule has 1 unspecified atom stereocenters. The van der Waals surface area contributed by atoms with Crippen LogP contribution >= 0.6 is 35.0 Å². The van der Waals surface area contributed by atoms with Crippen molar-refractivity contribution in [2.24, 2.45) is 11.7 Å². The molecule has 0 heterocycles. The molecule has 1 atom stereocenters. The average Bonchev–Trinajstić information content (AvgIpc) is 2.28. The van der Waals surface area contributed by atoms with Crippen LogP contribution in [0.3, 0.4) is 0 Å². The molecule has 0 saturated heterocycles. The quantitative estimate of drug-likeness (QED) is 0.752. The summed E-state index contributed by atoms with van der Waals surface area (Å²) in [5.74, 6) is 0.334. The number of rotatable bonds is 5. The molecule has 0 fully saturated rings. The van der Waals surface area contributed by atoms with E-state index in [1.807, 2.05) is 31.2 Å². The smallest absolute Gasteiger partial charge is 0.224 e. The van der Waals surface area contributed by atoms with E-state index in [1.54, 1.807) is 0 Å². The second-order valence-corrected chi connectivity index (χ2v) is 6.38. The highest BCUT2D eigenvalue weighted by atomic mass is 127. The minimum absolute atomic E-state index is 0. The number of nitrogens with two attached hydrogens (primary N) is 1. The Hall–Kier alpha value is -0.330. The number of benzene rings is 1. The lowest BCUT2D eigenvalue weighted by molar-refractivity contribution is -0.122. The number of hydrogen-bond donors (Lipinski definition) is 2. The summed E-state index contributed by atoms with van der Waals surface area (Å²) in [6.45, 7) is 6.57. The van der Waals surface area contributed by atoms with Crippen molar-refractivity contribution in [1.82, 2.24) is 5.32 Å². The molecule has 0 radical (unpaired) electrons. The fraction of sp³-hybridized carbons (Fsp3) is 0.500. The Bertz CT molecular complexity index is 426. The molecule has 0 aliphatic rings. The molecule has 1 rings (SSSR count). The maximum atomic E-state index is 12.0. The third-order valence-electron chi connectivity index (χ3n) is 3.38. The van der Waals surface area contributed by atoms with Gasteiger partial charge in [-0.25, -0.2) is 0 Å². The van der Waals surface area contributed by atoms with Gasteiger partial charge in [-0.05, 0) is 53.1 Å². The first-order valence-electron chi connectivity index (χ1n) is 6.13. The Morgan fingerprint density at radius 2 is 2.11 bits per heavy atom. The first-order valence-corrected chi connectivity index (χ1v) is 7.21. The van der Waals surface area contributed by atoms with Crippen molar-refractivity contribution in [1.29, 1.82) is 0 Å². The van der Waals surface area contributed by atoms with Gasteiger partial charge >= 0.3 is 0 Å². The normalized spacial score (nSPS) is 13.6. The molecule has 1 amide bonds. The van der Waals surface area contributed by atoms with Gasteiger partial charge in [-0.1, -0.05) is 26.0 Å². The van der Waals surface area contributed by atoms with Gasteiger partial charge in [-0.3, -0.25) is 4.79 Å². The summed E-state index contributed by atoms with van der Waals surface area (Å²) in [6.07, 6.45) is 0.402. The van der Waals surface area contributed by atoms with Crippen LogP contribution in [0.25, 0.3) is 0 Å². The van der Waals surface area contributed by atoms with Gasteiger partial charge in [0, 0.05) is 10.1 Å². The molecule has 0 aliphatic carbocycles. The SMILES string of the molecule is CC(C)C(C)(CN)NC(=O)Cc1cccc(I)c1.Cl. The van der Waals surface area contributed by atoms with E-state index < -0.39 is 0 Å². The van der Waals surface area contributed by atoms with E-state index >= 15 is 0 Å². The summed E-state index contributed by atoms with van der Waals surface area (Å²) in [7, 11) is 0. The van der Waals surface area contributed by atoms with Crippen LogP contribution in [0.4, 0.5) is 0 Å². The zero-order valence-corrected chi connectivity index (χ0v) is 14.5. The Morgan fingerprint density at radius 3 is 2.58 bits per heavy atom. The summed E-state index contributed by atoms with van der Waals surface area (Å²) in [6, 6.07) is 7.97. The molecule has 0 bridgehead atoms. The van der Waals surface area contributed by atoms with Crippen LogP contribution < -0.4 is 11.1 Å². The highest BCUT2D eigenvalue weighted by Gasteiger charge is 2.28. The van der Waals surface area contributed by atoms with Crippen molar-refractivity contribution in [3.63, 3.8) is 0 Å². The first kappa shape index (κ1) is 18.7. The van der Waals surface area contributed by atoms with E-state index in [0.29, 0.717) is 18.9 Å². The highest BCUT2D eigenvalue weighted by Crippen LogP contribution is 2.15. The Kier molecular flexibility index (Phi) is 7.93. The van der Waals surface area contributed by atoms with Crippen molar-refractivity contribution in [2.75, 3.05) is 6.54 Å². The second kappa shape index (κ2) is 8.07. The Labute approximate surface area is 135 Å². The summed E-state index contributed by atoms with van der Waals surface area (Å²) >= 11 is 2.25. The summed E-state index contributed by atoms with van der Waals surface area (Å²) in [5.41, 5.74) is 6.45. The number of carbonyl (C=O) groups is 1. The standard InChI is InChI=1S/C14H21IN2O.ClH/c1-10(2)14(3,9-16)17-13(18)8-11-5-4-6-12(15)7-11;/h4-7,10H,8-9,16H2,1-3H3,(H,17,18);1H. The number of nitrogens with one attached hydrogen (secondary N) is 1. The largest absolute Gasteiger partial charge is 0.349 e. The van der Waals surface area contributed by atoms with Gasteiger partial charge < -0.3 is 11.1 Å². The lowest BCUT2D eigenvalue weighted by atomic mass is 9.88. The number of amides is 1. The van der Waals surface area contributed by atoms with Crippen molar-refractivity contribution < 1.29 is 4.79 Å². The van der Waals surface area contributed by atoms with Crippen molar-refractivity contribution in [3.05, 3.63) is 33.4 Å². The molecule has 1 aromatic rings. The highest BCUT2D eigenvalue weighted by molar-refractivity contribution is 14.1. The Morgan fingerprint density at radius 1 is 1.47 bits per heavy atom. The van der Waals surface area contributed by atoms with Gasteiger partial charge in [0.25, 0.3) is 0 Å². The van der Waals surface area contributed by atoms with Crippen molar-refractivity contribution in [2.45, 2.75) is 32.7 Å². The predicted octanol–water partition coefficient (Wildman–Crippen LogP) is 2.75. The van der Waals surface area contributed by atoms with Gasteiger partial charge in [0.15, 0.2) is 0 Å². The molecular formula is C14H22ClIN2O. The van der Waals surface area contributed by atoms with Gasteiger partial charge in [-0.15, -0.1) is 12.4 Å². The number of halogens is 2. The van der Waals surface area contributed by atoms with E-state index in [9.17, 15) is 4.79 Å². The van der Waals surface area contributed by atoms with Crippen LogP contribution in [-0.4, -0.2) is 18.0 Å². The lowest BCUT2D eigenvalue weighted by Crippen LogP contribution is -2.55. The van der Waals surface area contributed by atoms with Crippen LogP contribution in [-0.2, 0) is 11.2 Å². The molecule has 0 saturated carbocycles. The minimum atomic E-state index is -0.334. The van der Waals surface area contributed by atoms with E-state index in [-0.39, 0.29) is 23.9 Å². The van der Waals surface area contributed by atoms with Gasteiger partial charge in [0.1, 0.15) is 0 Å². The monoisotopic (exact) mass is 396 g/mol. The average molecular weight is 397 g/mol. The molecule has 3 N–H and O–H groups in total. The van der Waals surface area contributed by atoms with Crippen LogP contribution in [0.15, 0.2) is 24.3 Å². The van der Waals surface area contributed by atoms with Crippen molar-refractivity contribution >= 4 is 40.9 Å². The van der Waals surface area contributed by atoms with E-state index in [1.165, 1.54) is 0 Å². The third-order valence-corrected chi connectivity index (χ3v) is 4.05. The van der Waals surface area contributed by atoms with Gasteiger partial charge in [-0.2, -0.15) is 0 Å². The van der Waals surface area contributed by atoms with E-state index in [0.717, 1.165) is 9.13 Å². The first-order chi connectivity index (χ1) is 8.37. The predicted molar refractivity (Wildman–Crippen MR) is 90.6 cm³/mol. The molecule has 19 heavy (non-hydrogen) atoms. The van der Waals surface area contributed by atoms with Crippen LogP contribution in [0.5, 0.6) is 0 Å². The number of carbonyl (C=O) groups excluding carboxylic acids is 1. The molecule has 0 aliphatic heterocycles. The minimum Gasteiger partial charge on any atom is -0.349 e. The van der Waals surface area contributed by atoms with E-state index in [2.05, 4.69) is 41.8 Å². The zero-order chi connectivity index (χ0) is 13.8. The third kappa shape index (κ3) is 5.67. The van der Waals surface area contributed by atoms with Crippen LogP contribution in [0, 0.1) is 9.49 Å². The molecule has 5 heteroatoms. The number of hydrogen-bond acceptors (Lipinski definition) is 2. The molecule has 1 aromatic carbocycles. The molecule has 0 aromatic heterocycles. The fourth-order valence-corrected chi connectivity index (χ4v) is 2.23. The fourth-order valence-electron chi connectivity index (χ4n) is 1.63.